The molecule has 6 heteroatoms. The van der Waals surface area contributed by atoms with Crippen LogP contribution in [0.15, 0.2) is 53.5 Å². The van der Waals surface area contributed by atoms with Crippen molar-refractivity contribution in [1.82, 2.24) is 0 Å². The minimum absolute atomic E-state index is 0. The van der Waals surface area contributed by atoms with E-state index in [2.05, 4.69) is 4.99 Å². The Labute approximate surface area is 158 Å². The van der Waals surface area contributed by atoms with E-state index in [1.54, 1.807) is 13.2 Å². The van der Waals surface area contributed by atoms with Crippen LogP contribution in [0.2, 0.25) is 10.0 Å². The number of rotatable bonds is 6. The Morgan fingerprint density at radius 1 is 1.17 bits per heavy atom. The van der Waals surface area contributed by atoms with Crippen LogP contribution in [0, 0.1) is 0 Å². The first kappa shape index (κ1) is 20.4. The molecule has 24 heavy (non-hydrogen) atoms. The average Bonchev–Trinajstić information content (AvgIpc) is 2.56. The van der Waals surface area contributed by atoms with Gasteiger partial charge in [0.05, 0.1) is 12.1 Å². The Kier molecular flexibility index (Phi) is 8.69. The van der Waals surface area contributed by atoms with Crippen LogP contribution < -0.4 is 10.5 Å². The molecule has 0 saturated carbocycles. The zero-order valence-electron chi connectivity index (χ0n) is 13.2. The highest BCUT2D eigenvalue weighted by atomic mass is 35.5. The Bertz CT molecular complexity index is 713. The summed E-state index contributed by atoms with van der Waals surface area (Å²) in [6.45, 7) is 0.599. The van der Waals surface area contributed by atoms with Gasteiger partial charge in [-0.25, -0.2) is 0 Å². The van der Waals surface area contributed by atoms with Crippen molar-refractivity contribution >= 4 is 47.5 Å². The van der Waals surface area contributed by atoms with Crippen molar-refractivity contribution in [3.63, 3.8) is 0 Å². The van der Waals surface area contributed by atoms with Crippen LogP contribution in [-0.4, -0.2) is 19.5 Å². The second kappa shape index (κ2) is 10.2. The molecule has 128 valence electrons. The van der Waals surface area contributed by atoms with Gasteiger partial charge in [0.15, 0.2) is 0 Å². The van der Waals surface area contributed by atoms with Crippen LogP contribution in [0.3, 0.4) is 0 Å². The van der Waals surface area contributed by atoms with Gasteiger partial charge in [-0.3, -0.25) is 4.99 Å². The van der Waals surface area contributed by atoms with Crippen molar-refractivity contribution in [3.8, 4) is 5.75 Å². The van der Waals surface area contributed by atoms with Crippen molar-refractivity contribution < 1.29 is 4.74 Å². The van der Waals surface area contributed by atoms with Crippen LogP contribution in [0.1, 0.15) is 11.1 Å². The van der Waals surface area contributed by atoms with E-state index in [1.165, 1.54) is 0 Å². The van der Waals surface area contributed by atoms with Gasteiger partial charge in [0.25, 0.3) is 0 Å². The SMILES string of the molecule is COc1cc(CCN=C(N)/C=C/c2ccc(Cl)cc2)ccc1Cl.Cl. The predicted octanol–water partition coefficient (Wildman–Crippen LogP) is 5.04. The zero-order chi connectivity index (χ0) is 16.7. The van der Waals surface area contributed by atoms with Gasteiger partial charge in [-0.05, 0) is 47.9 Å². The van der Waals surface area contributed by atoms with E-state index in [0.717, 1.165) is 17.5 Å². The molecular formula is C18H19Cl3N2O. The third kappa shape index (κ3) is 6.44. The highest BCUT2D eigenvalue weighted by Crippen LogP contribution is 2.25. The van der Waals surface area contributed by atoms with E-state index in [1.807, 2.05) is 48.5 Å². The van der Waals surface area contributed by atoms with E-state index < -0.39 is 0 Å². The molecule has 0 aliphatic rings. The summed E-state index contributed by atoms with van der Waals surface area (Å²) in [7, 11) is 1.60. The van der Waals surface area contributed by atoms with Crippen LogP contribution in [0.4, 0.5) is 0 Å². The molecule has 0 heterocycles. The van der Waals surface area contributed by atoms with E-state index in [-0.39, 0.29) is 12.4 Å². The minimum atomic E-state index is 0. The lowest BCUT2D eigenvalue weighted by molar-refractivity contribution is 0.414. The number of ether oxygens (including phenoxy) is 1. The number of amidine groups is 1. The highest BCUT2D eigenvalue weighted by molar-refractivity contribution is 6.32. The van der Waals surface area contributed by atoms with E-state index in [4.69, 9.17) is 33.7 Å². The fourth-order valence-electron chi connectivity index (χ4n) is 1.98. The van der Waals surface area contributed by atoms with Crippen LogP contribution in [-0.2, 0) is 6.42 Å². The lowest BCUT2D eigenvalue weighted by atomic mass is 10.1. The fraction of sp³-hybridized carbons (Fsp3) is 0.167. The molecule has 0 unspecified atom stereocenters. The predicted molar refractivity (Wildman–Crippen MR) is 106 cm³/mol. The number of nitrogens with zero attached hydrogens (tertiary/aromatic N) is 1. The molecule has 0 fully saturated rings. The Morgan fingerprint density at radius 2 is 1.88 bits per heavy atom. The summed E-state index contributed by atoms with van der Waals surface area (Å²) in [5, 5.41) is 1.31. The summed E-state index contributed by atoms with van der Waals surface area (Å²) < 4.78 is 5.20. The monoisotopic (exact) mass is 384 g/mol. The molecular weight excluding hydrogens is 367 g/mol. The Hall–Kier alpha value is -1.68. The zero-order valence-corrected chi connectivity index (χ0v) is 15.5. The maximum absolute atomic E-state index is 6.00. The summed E-state index contributed by atoms with van der Waals surface area (Å²) in [6, 6.07) is 13.2. The second-order valence-corrected chi connectivity index (χ2v) is 5.75. The molecule has 0 aliphatic heterocycles. The molecule has 0 radical (unpaired) electrons. The van der Waals surface area contributed by atoms with Crippen molar-refractivity contribution in [3.05, 3.63) is 69.7 Å². The molecule has 0 spiro atoms. The van der Waals surface area contributed by atoms with Gasteiger partial charge < -0.3 is 10.5 Å². The number of benzene rings is 2. The maximum atomic E-state index is 6.00. The average molecular weight is 386 g/mol. The third-order valence-corrected chi connectivity index (χ3v) is 3.79. The van der Waals surface area contributed by atoms with Crippen LogP contribution in [0.5, 0.6) is 5.75 Å². The Balaban J connectivity index is 0.00000288. The van der Waals surface area contributed by atoms with Gasteiger partial charge in [-0.15, -0.1) is 12.4 Å². The van der Waals surface area contributed by atoms with E-state index >= 15 is 0 Å². The second-order valence-electron chi connectivity index (χ2n) is 4.91. The molecule has 0 aliphatic carbocycles. The number of halogens is 3. The fourth-order valence-corrected chi connectivity index (χ4v) is 2.30. The number of methoxy groups -OCH3 is 1. The van der Waals surface area contributed by atoms with Gasteiger partial charge in [-0.2, -0.15) is 0 Å². The van der Waals surface area contributed by atoms with Gasteiger partial charge in [0.1, 0.15) is 11.6 Å². The van der Waals surface area contributed by atoms with Crippen molar-refractivity contribution in [2.75, 3.05) is 13.7 Å². The first-order chi connectivity index (χ1) is 11.1. The smallest absolute Gasteiger partial charge is 0.137 e. The summed E-state index contributed by atoms with van der Waals surface area (Å²) in [6.07, 6.45) is 4.45. The molecule has 0 amide bonds. The molecule has 2 aromatic rings. The molecule has 0 bridgehead atoms. The summed E-state index contributed by atoms with van der Waals surface area (Å²) >= 11 is 11.8. The quantitative estimate of drug-likeness (QED) is 0.559. The molecule has 0 saturated heterocycles. The van der Waals surface area contributed by atoms with E-state index in [9.17, 15) is 0 Å². The van der Waals surface area contributed by atoms with E-state index in [0.29, 0.717) is 28.2 Å². The van der Waals surface area contributed by atoms with Crippen molar-refractivity contribution in [2.45, 2.75) is 6.42 Å². The largest absolute Gasteiger partial charge is 0.495 e. The number of hydrogen-bond acceptors (Lipinski definition) is 2. The van der Waals surface area contributed by atoms with Crippen LogP contribution in [0.25, 0.3) is 6.08 Å². The summed E-state index contributed by atoms with van der Waals surface area (Å²) in [4.78, 5) is 4.34. The van der Waals surface area contributed by atoms with Gasteiger partial charge in [0, 0.05) is 11.6 Å². The lowest BCUT2D eigenvalue weighted by Gasteiger charge is -2.05. The first-order valence-electron chi connectivity index (χ1n) is 7.14. The van der Waals surface area contributed by atoms with Gasteiger partial charge in [-0.1, -0.05) is 47.5 Å². The molecule has 2 N–H and O–H groups in total. The first-order valence-corrected chi connectivity index (χ1v) is 7.90. The summed E-state index contributed by atoms with van der Waals surface area (Å²) in [5.74, 6) is 1.16. The molecule has 0 aromatic heterocycles. The summed E-state index contributed by atoms with van der Waals surface area (Å²) in [5.41, 5.74) is 8.01. The van der Waals surface area contributed by atoms with Gasteiger partial charge in [0.2, 0.25) is 0 Å². The number of nitrogens with two attached hydrogens (primary N) is 1. The topological polar surface area (TPSA) is 47.6 Å². The number of hydrogen-bond donors (Lipinski definition) is 1. The van der Waals surface area contributed by atoms with Gasteiger partial charge >= 0.3 is 0 Å². The minimum Gasteiger partial charge on any atom is -0.495 e. The normalized spacial score (nSPS) is 11.4. The van der Waals surface area contributed by atoms with Crippen LogP contribution >= 0.6 is 35.6 Å². The molecule has 2 rings (SSSR count). The maximum Gasteiger partial charge on any atom is 0.137 e. The Morgan fingerprint density at radius 3 is 2.54 bits per heavy atom. The number of aliphatic imine (C=N–C) groups is 1. The van der Waals surface area contributed by atoms with Crippen molar-refractivity contribution in [1.29, 1.82) is 0 Å². The molecule has 3 nitrogen and oxygen atoms in total. The standard InChI is InChI=1S/C18H18Cl2N2O.ClH/c1-23-17-12-14(4-8-16(17)20)10-11-22-18(21)9-5-13-2-6-15(19)7-3-13;/h2-9,12H,10-11H2,1H3,(H2,21,22);1H/b9-5+;. The van der Waals surface area contributed by atoms with Crippen molar-refractivity contribution in [2.24, 2.45) is 10.7 Å². The molecule has 2 aromatic carbocycles. The highest BCUT2D eigenvalue weighted by Gasteiger charge is 2.01. The lowest BCUT2D eigenvalue weighted by Crippen LogP contribution is -2.09. The third-order valence-electron chi connectivity index (χ3n) is 3.23. The molecule has 0 atom stereocenters.